The fourth-order valence-electron chi connectivity index (χ4n) is 2.88. The molecule has 0 atom stereocenters. The van der Waals surface area contributed by atoms with Gasteiger partial charge in [-0.2, -0.15) is 5.26 Å². The second-order valence-corrected chi connectivity index (χ2v) is 5.97. The summed E-state index contributed by atoms with van der Waals surface area (Å²) in [5.74, 6) is -1.24. The summed E-state index contributed by atoms with van der Waals surface area (Å²) in [6, 6.07) is 20.7. The van der Waals surface area contributed by atoms with Crippen molar-refractivity contribution in [1.82, 2.24) is 0 Å². The van der Waals surface area contributed by atoms with Crippen LogP contribution in [0.1, 0.15) is 21.5 Å². The van der Waals surface area contributed by atoms with Gasteiger partial charge in [-0.25, -0.2) is 4.79 Å². The molecular weight excluding hydrogens is 358 g/mol. The van der Waals surface area contributed by atoms with Gasteiger partial charge in [0, 0.05) is 12.6 Å². The third-order valence-electron chi connectivity index (χ3n) is 4.25. The first kappa shape index (κ1) is 18.6. The molecule has 0 aliphatic carbocycles. The van der Waals surface area contributed by atoms with Crippen molar-refractivity contribution in [2.75, 3.05) is 5.32 Å². The largest absolute Gasteiger partial charge is 0.478 e. The maximum atomic E-state index is 11.4. The number of nitrogens with one attached hydrogen (secondary N) is 1. The lowest BCUT2D eigenvalue weighted by molar-refractivity contribution is -0.384. The first-order valence-corrected chi connectivity index (χ1v) is 8.34. The molecule has 0 radical (unpaired) electrons. The average Bonchev–Trinajstić information content (AvgIpc) is 2.72. The van der Waals surface area contributed by atoms with Crippen LogP contribution in [-0.2, 0) is 6.54 Å². The third kappa shape index (κ3) is 3.81. The summed E-state index contributed by atoms with van der Waals surface area (Å²) < 4.78 is 0. The number of nitro groups is 1. The van der Waals surface area contributed by atoms with Gasteiger partial charge >= 0.3 is 5.97 Å². The minimum absolute atomic E-state index is 0.0288. The first-order valence-electron chi connectivity index (χ1n) is 8.34. The summed E-state index contributed by atoms with van der Waals surface area (Å²) in [6.45, 7) is 0.214. The summed E-state index contributed by atoms with van der Waals surface area (Å²) in [5.41, 5.74) is 2.59. The average molecular weight is 373 g/mol. The van der Waals surface area contributed by atoms with Gasteiger partial charge in [0.15, 0.2) is 0 Å². The van der Waals surface area contributed by atoms with Crippen molar-refractivity contribution in [3.05, 3.63) is 93.5 Å². The molecule has 0 aliphatic rings. The van der Waals surface area contributed by atoms with Crippen LogP contribution in [0.5, 0.6) is 0 Å². The predicted molar refractivity (Wildman–Crippen MR) is 104 cm³/mol. The fourth-order valence-corrected chi connectivity index (χ4v) is 2.88. The van der Waals surface area contributed by atoms with E-state index < -0.39 is 10.9 Å². The van der Waals surface area contributed by atoms with Gasteiger partial charge in [0.05, 0.1) is 22.1 Å². The van der Waals surface area contributed by atoms with Gasteiger partial charge in [-0.05, 0) is 28.8 Å². The molecule has 0 saturated heterocycles. The molecular formula is C21H15N3O4. The summed E-state index contributed by atoms with van der Waals surface area (Å²) >= 11 is 0. The van der Waals surface area contributed by atoms with E-state index in [0.717, 1.165) is 16.7 Å². The number of anilines is 1. The number of rotatable bonds is 6. The normalized spacial score (nSPS) is 10.1. The van der Waals surface area contributed by atoms with Gasteiger partial charge in [-0.3, -0.25) is 10.1 Å². The monoisotopic (exact) mass is 373 g/mol. The molecule has 7 heteroatoms. The van der Waals surface area contributed by atoms with Crippen LogP contribution in [0.2, 0.25) is 0 Å². The summed E-state index contributed by atoms with van der Waals surface area (Å²) in [6.07, 6.45) is 0. The lowest BCUT2D eigenvalue weighted by atomic mass is 9.99. The van der Waals surface area contributed by atoms with E-state index in [9.17, 15) is 25.3 Å². The Morgan fingerprint density at radius 3 is 2.43 bits per heavy atom. The highest BCUT2D eigenvalue weighted by molar-refractivity contribution is 5.96. The summed E-state index contributed by atoms with van der Waals surface area (Å²) in [7, 11) is 0. The number of nitriles is 1. The van der Waals surface area contributed by atoms with Crippen molar-refractivity contribution in [1.29, 1.82) is 5.26 Å². The molecule has 0 saturated carbocycles. The van der Waals surface area contributed by atoms with E-state index in [1.165, 1.54) is 18.2 Å². The maximum Gasteiger partial charge on any atom is 0.338 e. The molecule has 0 fully saturated rings. The highest BCUT2D eigenvalue weighted by Crippen LogP contribution is 2.29. The van der Waals surface area contributed by atoms with Crippen LogP contribution in [0, 0.1) is 21.4 Å². The third-order valence-corrected chi connectivity index (χ3v) is 4.25. The minimum Gasteiger partial charge on any atom is -0.478 e. The van der Waals surface area contributed by atoms with Crippen LogP contribution in [0.25, 0.3) is 11.1 Å². The van der Waals surface area contributed by atoms with E-state index in [1.54, 1.807) is 12.1 Å². The Kier molecular flexibility index (Phi) is 5.33. The minimum atomic E-state index is -1.24. The number of nitro benzene ring substituents is 1. The lowest BCUT2D eigenvalue weighted by Crippen LogP contribution is -2.09. The Hall–Kier alpha value is -4.18. The highest BCUT2D eigenvalue weighted by Gasteiger charge is 2.21. The number of carboxylic acids is 1. The van der Waals surface area contributed by atoms with Crippen molar-refractivity contribution >= 4 is 17.3 Å². The molecule has 0 spiro atoms. The van der Waals surface area contributed by atoms with Gasteiger partial charge < -0.3 is 10.4 Å². The Labute approximate surface area is 160 Å². The molecule has 0 bridgehead atoms. The van der Waals surface area contributed by atoms with E-state index in [1.807, 2.05) is 36.4 Å². The second kappa shape index (κ2) is 8.01. The number of carboxylic acid groups (broad SMARTS) is 1. The Balaban J connectivity index is 1.84. The molecule has 2 N–H and O–H groups in total. The number of benzene rings is 3. The van der Waals surface area contributed by atoms with Gasteiger partial charge in [0.2, 0.25) is 0 Å². The van der Waals surface area contributed by atoms with Crippen molar-refractivity contribution in [2.45, 2.75) is 6.54 Å². The molecule has 0 unspecified atom stereocenters. The van der Waals surface area contributed by atoms with Crippen LogP contribution in [0.4, 0.5) is 11.4 Å². The number of nitrogens with zero attached hydrogens (tertiary/aromatic N) is 2. The van der Waals surface area contributed by atoms with Gasteiger partial charge in [0.1, 0.15) is 5.69 Å². The maximum absolute atomic E-state index is 11.4. The Morgan fingerprint density at radius 1 is 1.07 bits per heavy atom. The number of hydrogen-bond acceptors (Lipinski definition) is 5. The second-order valence-electron chi connectivity index (χ2n) is 5.97. The Bertz CT molecular complexity index is 1050. The smallest absolute Gasteiger partial charge is 0.338 e. The zero-order valence-electron chi connectivity index (χ0n) is 14.6. The van der Waals surface area contributed by atoms with Crippen LogP contribution in [0.3, 0.4) is 0 Å². The van der Waals surface area contributed by atoms with Gasteiger partial charge in [0.25, 0.3) is 5.69 Å². The van der Waals surface area contributed by atoms with Crippen LogP contribution in [0.15, 0.2) is 66.7 Å². The number of carbonyl (C=O) groups is 1. The summed E-state index contributed by atoms with van der Waals surface area (Å²) in [4.78, 5) is 22.0. The molecule has 0 aromatic heterocycles. The number of para-hydroxylation sites is 1. The van der Waals surface area contributed by atoms with E-state index in [2.05, 4.69) is 11.4 Å². The Morgan fingerprint density at radius 2 is 1.79 bits per heavy atom. The summed E-state index contributed by atoms with van der Waals surface area (Å²) in [5, 5.41) is 32.6. The highest BCUT2D eigenvalue weighted by atomic mass is 16.6. The quantitative estimate of drug-likeness (QED) is 0.487. The SMILES string of the molecule is N#Cc1ccccc1-c1ccc(CNc2c(C(=O)O)cccc2[N+](=O)[O-])cc1. The first-order chi connectivity index (χ1) is 13.5. The van der Waals surface area contributed by atoms with E-state index in [0.29, 0.717) is 5.56 Å². The molecule has 3 aromatic carbocycles. The number of hydrogen-bond donors (Lipinski definition) is 2. The standard InChI is InChI=1S/C21H15N3O4/c22-12-16-4-1-2-5-17(16)15-10-8-14(9-11-15)13-23-20-18(21(25)26)6-3-7-19(20)24(27)28/h1-11,23H,13H2,(H,25,26). The lowest BCUT2D eigenvalue weighted by Gasteiger charge is -2.11. The molecule has 0 aliphatic heterocycles. The van der Waals surface area contributed by atoms with Crippen molar-refractivity contribution in [3.8, 4) is 17.2 Å². The zero-order chi connectivity index (χ0) is 20.1. The zero-order valence-corrected chi connectivity index (χ0v) is 14.6. The van der Waals surface area contributed by atoms with E-state index >= 15 is 0 Å². The van der Waals surface area contributed by atoms with Gasteiger partial charge in [-0.1, -0.05) is 48.5 Å². The van der Waals surface area contributed by atoms with Crippen LogP contribution >= 0.6 is 0 Å². The molecule has 3 rings (SSSR count). The van der Waals surface area contributed by atoms with E-state index in [4.69, 9.17) is 0 Å². The van der Waals surface area contributed by atoms with Gasteiger partial charge in [-0.15, -0.1) is 0 Å². The molecule has 28 heavy (non-hydrogen) atoms. The molecule has 0 amide bonds. The van der Waals surface area contributed by atoms with Crippen molar-refractivity contribution in [2.24, 2.45) is 0 Å². The molecule has 7 nitrogen and oxygen atoms in total. The fraction of sp³-hybridized carbons (Fsp3) is 0.0476. The van der Waals surface area contributed by atoms with Crippen LogP contribution < -0.4 is 5.32 Å². The van der Waals surface area contributed by atoms with Crippen LogP contribution in [-0.4, -0.2) is 16.0 Å². The topological polar surface area (TPSA) is 116 Å². The molecule has 138 valence electrons. The molecule has 3 aromatic rings. The molecule has 0 heterocycles. The number of aromatic carboxylic acids is 1. The predicted octanol–water partition coefficient (Wildman–Crippen LogP) is 4.44. The van der Waals surface area contributed by atoms with Crippen molar-refractivity contribution in [3.63, 3.8) is 0 Å². The van der Waals surface area contributed by atoms with E-state index in [-0.39, 0.29) is 23.5 Å². The van der Waals surface area contributed by atoms with Crippen molar-refractivity contribution < 1.29 is 14.8 Å².